The second kappa shape index (κ2) is 6.57. The van der Waals surface area contributed by atoms with Crippen LogP contribution in [0.4, 0.5) is 0 Å². The van der Waals surface area contributed by atoms with E-state index in [2.05, 4.69) is 31.8 Å². The number of aromatic amines is 1. The molecule has 0 bridgehead atoms. The first kappa shape index (κ1) is 15.7. The van der Waals surface area contributed by atoms with E-state index in [0.29, 0.717) is 12.4 Å². The fraction of sp³-hybridized carbons (Fsp3) is 0.263. The van der Waals surface area contributed by atoms with E-state index in [9.17, 15) is 4.79 Å². The van der Waals surface area contributed by atoms with Gasteiger partial charge >= 0.3 is 0 Å². The van der Waals surface area contributed by atoms with Crippen LogP contribution in [-0.2, 0) is 19.5 Å². The second-order valence-corrected chi connectivity index (χ2v) is 6.34. The van der Waals surface area contributed by atoms with Gasteiger partial charge in [-0.05, 0) is 36.2 Å². The highest BCUT2D eigenvalue weighted by atomic mass is 16.1. The molecule has 0 saturated heterocycles. The Kier molecular flexibility index (Phi) is 4.11. The van der Waals surface area contributed by atoms with Crippen LogP contribution < -0.4 is 5.56 Å². The molecule has 1 aliphatic heterocycles. The number of rotatable bonds is 3. The van der Waals surface area contributed by atoms with Crippen molar-refractivity contribution in [2.75, 3.05) is 6.54 Å². The first-order valence-electron chi connectivity index (χ1n) is 8.35. The number of fused-ring (bicyclic) bond motifs is 1. The largest absolute Gasteiger partial charge is 0.306 e. The van der Waals surface area contributed by atoms with E-state index in [4.69, 9.17) is 0 Å². The number of hydrogen-bond donors (Lipinski definition) is 1. The zero-order valence-corrected chi connectivity index (χ0v) is 14.1. The Labute approximate surface area is 145 Å². The van der Waals surface area contributed by atoms with E-state index in [1.807, 2.05) is 24.4 Å². The maximum atomic E-state index is 12.6. The Balaban J connectivity index is 1.60. The molecule has 3 aromatic heterocycles. The number of pyridine rings is 2. The third kappa shape index (κ3) is 3.21. The van der Waals surface area contributed by atoms with Gasteiger partial charge in [0, 0.05) is 56.4 Å². The van der Waals surface area contributed by atoms with Crippen LogP contribution in [-0.4, -0.2) is 31.4 Å². The van der Waals surface area contributed by atoms with Crippen molar-refractivity contribution < 1.29 is 0 Å². The van der Waals surface area contributed by atoms with Crippen molar-refractivity contribution in [3.05, 3.63) is 75.7 Å². The number of nitrogens with zero attached hydrogens (tertiary/aromatic N) is 4. The topological polar surface area (TPSA) is 74.8 Å². The molecule has 0 radical (unpaired) electrons. The summed E-state index contributed by atoms with van der Waals surface area (Å²) in [6.45, 7) is 4.38. The molecule has 0 fully saturated rings. The quantitative estimate of drug-likeness (QED) is 0.794. The lowest BCUT2D eigenvalue weighted by Crippen LogP contribution is -2.35. The van der Waals surface area contributed by atoms with Crippen LogP contribution in [0.1, 0.15) is 22.4 Å². The molecule has 0 aliphatic carbocycles. The summed E-state index contributed by atoms with van der Waals surface area (Å²) in [6.07, 6.45) is 7.88. The van der Waals surface area contributed by atoms with Gasteiger partial charge in [-0.15, -0.1) is 0 Å². The lowest BCUT2D eigenvalue weighted by atomic mass is 10.0. The maximum Gasteiger partial charge on any atom is 0.255 e. The third-order valence-corrected chi connectivity index (χ3v) is 4.64. The fourth-order valence-electron chi connectivity index (χ4n) is 3.17. The average molecular weight is 333 g/mol. The fourth-order valence-corrected chi connectivity index (χ4v) is 3.17. The van der Waals surface area contributed by atoms with Gasteiger partial charge in [-0.25, -0.2) is 4.98 Å². The van der Waals surface area contributed by atoms with Crippen molar-refractivity contribution in [1.82, 2.24) is 24.8 Å². The van der Waals surface area contributed by atoms with Crippen molar-refractivity contribution >= 4 is 0 Å². The Morgan fingerprint density at radius 3 is 2.76 bits per heavy atom. The van der Waals surface area contributed by atoms with Gasteiger partial charge in [0.2, 0.25) is 0 Å². The van der Waals surface area contributed by atoms with Gasteiger partial charge in [0.1, 0.15) is 5.82 Å². The van der Waals surface area contributed by atoms with E-state index in [0.717, 1.165) is 36.3 Å². The molecule has 126 valence electrons. The molecule has 0 unspecified atom stereocenters. The van der Waals surface area contributed by atoms with Crippen LogP contribution in [0, 0.1) is 6.92 Å². The van der Waals surface area contributed by atoms with Crippen molar-refractivity contribution in [2.45, 2.75) is 26.4 Å². The van der Waals surface area contributed by atoms with Gasteiger partial charge in [-0.3, -0.25) is 19.7 Å². The summed E-state index contributed by atoms with van der Waals surface area (Å²) < 4.78 is 0. The van der Waals surface area contributed by atoms with Gasteiger partial charge in [0.15, 0.2) is 0 Å². The lowest BCUT2D eigenvalue weighted by molar-refractivity contribution is 0.241. The van der Waals surface area contributed by atoms with Crippen LogP contribution in [0.3, 0.4) is 0 Å². The van der Waals surface area contributed by atoms with Crippen molar-refractivity contribution in [1.29, 1.82) is 0 Å². The molecule has 4 rings (SSSR count). The smallest absolute Gasteiger partial charge is 0.255 e. The summed E-state index contributed by atoms with van der Waals surface area (Å²) in [6, 6.07) is 5.72. The van der Waals surface area contributed by atoms with E-state index < -0.39 is 0 Å². The van der Waals surface area contributed by atoms with Gasteiger partial charge in [-0.2, -0.15) is 0 Å². The molecule has 0 saturated carbocycles. The van der Waals surface area contributed by atoms with E-state index in [1.165, 1.54) is 11.1 Å². The molecular weight excluding hydrogens is 314 g/mol. The number of hydrogen-bond acceptors (Lipinski definition) is 5. The first-order chi connectivity index (χ1) is 12.2. The van der Waals surface area contributed by atoms with Crippen LogP contribution in [0.5, 0.6) is 0 Å². The van der Waals surface area contributed by atoms with E-state index in [1.54, 1.807) is 18.6 Å². The first-order valence-corrected chi connectivity index (χ1v) is 8.35. The van der Waals surface area contributed by atoms with Crippen LogP contribution in [0.2, 0.25) is 0 Å². The highest BCUT2D eigenvalue weighted by molar-refractivity contribution is 5.54. The summed E-state index contributed by atoms with van der Waals surface area (Å²) in [5, 5.41) is 0. The standard InChI is InChI=1S/C19H19N5O/c1-13-2-6-21-10-15(13)11-24-9-5-17-16(12-24)19(25)23-18(22-17)14-3-7-20-8-4-14/h2-4,6-8,10H,5,9,11-12H2,1H3,(H,22,23,25). The highest BCUT2D eigenvalue weighted by Gasteiger charge is 2.22. The maximum absolute atomic E-state index is 12.6. The molecule has 0 amide bonds. The number of H-pyrrole nitrogens is 1. The number of aryl methyl sites for hydroxylation is 1. The van der Waals surface area contributed by atoms with Crippen LogP contribution >= 0.6 is 0 Å². The SMILES string of the molecule is Cc1ccncc1CN1CCc2nc(-c3ccncc3)[nH]c(=O)c2C1. The predicted molar refractivity (Wildman–Crippen MR) is 94.9 cm³/mol. The second-order valence-electron chi connectivity index (χ2n) is 6.34. The summed E-state index contributed by atoms with van der Waals surface area (Å²) >= 11 is 0. The summed E-state index contributed by atoms with van der Waals surface area (Å²) in [4.78, 5) is 30.7. The van der Waals surface area contributed by atoms with Crippen molar-refractivity contribution in [2.24, 2.45) is 0 Å². The number of nitrogens with one attached hydrogen (secondary N) is 1. The molecule has 6 heteroatoms. The van der Waals surface area contributed by atoms with Gasteiger partial charge < -0.3 is 4.98 Å². The molecule has 0 spiro atoms. The zero-order chi connectivity index (χ0) is 17.2. The monoisotopic (exact) mass is 333 g/mol. The van der Waals surface area contributed by atoms with Crippen molar-refractivity contribution in [3.63, 3.8) is 0 Å². The number of aromatic nitrogens is 4. The summed E-state index contributed by atoms with van der Waals surface area (Å²) in [7, 11) is 0. The Bertz CT molecular complexity index is 952. The molecule has 25 heavy (non-hydrogen) atoms. The summed E-state index contributed by atoms with van der Waals surface area (Å²) in [5.41, 5.74) is 4.91. The minimum Gasteiger partial charge on any atom is -0.306 e. The molecular formula is C19H19N5O. The molecule has 3 aromatic rings. The zero-order valence-electron chi connectivity index (χ0n) is 14.1. The molecule has 6 nitrogen and oxygen atoms in total. The Morgan fingerprint density at radius 2 is 1.96 bits per heavy atom. The van der Waals surface area contributed by atoms with E-state index in [-0.39, 0.29) is 5.56 Å². The van der Waals surface area contributed by atoms with Gasteiger partial charge in [0.05, 0.1) is 11.3 Å². The molecule has 0 atom stereocenters. The normalized spacial score (nSPS) is 14.3. The Morgan fingerprint density at radius 1 is 1.16 bits per heavy atom. The van der Waals surface area contributed by atoms with Crippen molar-refractivity contribution in [3.8, 4) is 11.4 Å². The predicted octanol–water partition coefficient (Wildman–Crippen LogP) is 2.09. The van der Waals surface area contributed by atoms with Gasteiger partial charge in [-0.1, -0.05) is 0 Å². The van der Waals surface area contributed by atoms with Crippen LogP contribution in [0.25, 0.3) is 11.4 Å². The average Bonchev–Trinajstić information content (AvgIpc) is 2.65. The minimum absolute atomic E-state index is 0.0515. The molecule has 1 aliphatic rings. The van der Waals surface area contributed by atoms with Crippen LogP contribution in [0.15, 0.2) is 47.8 Å². The van der Waals surface area contributed by atoms with E-state index >= 15 is 0 Å². The highest BCUT2D eigenvalue weighted by Crippen LogP contribution is 2.20. The minimum atomic E-state index is -0.0515. The molecule has 4 heterocycles. The lowest BCUT2D eigenvalue weighted by Gasteiger charge is -2.28. The molecule has 0 aromatic carbocycles. The Hall–Kier alpha value is -2.86. The van der Waals surface area contributed by atoms with Gasteiger partial charge in [0.25, 0.3) is 5.56 Å². The molecule has 1 N–H and O–H groups in total. The summed E-state index contributed by atoms with van der Waals surface area (Å²) in [5.74, 6) is 0.614. The third-order valence-electron chi connectivity index (χ3n) is 4.64.